The first-order chi connectivity index (χ1) is 8.11. The van der Waals surface area contributed by atoms with Crippen LogP contribution in [0.2, 0.25) is 0 Å². The number of nitrogens with two attached hydrogens (primary N) is 1. The van der Waals surface area contributed by atoms with Crippen LogP contribution < -0.4 is 5.73 Å². The first-order valence-corrected chi connectivity index (χ1v) is 5.28. The SMILES string of the molecule is COC(=O)CCn1c(N)nc2ccc(C)nc21. The number of carbonyl (C=O) groups excluding carboxylic acids is 1. The maximum atomic E-state index is 11.1. The number of hydrogen-bond donors (Lipinski definition) is 1. The van der Waals surface area contributed by atoms with Crippen LogP contribution in [0.1, 0.15) is 12.1 Å². The molecule has 6 heteroatoms. The minimum absolute atomic E-state index is 0.252. The lowest BCUT2D eigenvalue weighted by Gasteiger charge is -2.04. The van der Waals surface area contributed by atoms with Crippen molar-refractivity contribution in [2.24, 2.45) is 0 Å². The number of pyridine rings is 1. The zero-order valence-corrected chi connectivity index (χ0v) is 9.80. The van der Waals surface area contributed by atoms with Gasteiger partial charge in [-0.1, -0.05) is 0 Å². The highest BCUT2D eigenvalue weighted by molar-refractivity contribution is 5.75. The van der Waals surface area contributed by atoms with Gasteiger partial charge in [-0.3, -0.25) is 9.36 Å². The molecule has 2 rings (SSSR count). The van der Waals surface area contributed by atoms with Gasteiger partial charge in [-0.25, -0.2) is 9.97 Å². The Hall–Kier alpha value is -2.11. The zero-order valence-electron chi connectivity index (χ0n) is 9.80. The lowest BCUT2D eigenvalue weighted by atomic mass is 10.3. The number of esters is 1. The van der Waals surface area contributed by atoms with E-state index >= 15 is 0 Å². The van der Waals surface area contributed by atoms with E-state index in [0.29, 0.717) is 18.1 Å². The quantitative estimate of drug-likeness (QED) is 0.797. The number of anilines is 1. The lowest BCUT2D eigenvalue weighted by molar-refractivity contribution is -0.140. The topological polar surface area (TPSA) is 83.0 Å². The van der Waals surface area contributed by atoms with Gasteiger partial charge in [0.15, 0.2) is 5.65 Å². The third-order valence-corrected chi connectivity index (χ3v) is 2.53. The molecule has 0 saturated heterocycles. The van der Waals surface area contributed by atoms with Gasteiger partial charge in [0.25, 0.3) is 0 Å². The predicted octanol–water partition coefficient (Wildman–Crippen LogP) is 0.885. The van der Waals surface area contributed by atoms with Crippen molar-refractivity contribution >= 4 is 23.1 Å². The number of ether oxygens (including phenoxy) is 1. The average Bonchev–Trinajstić information content (AvgIpc) is 2.61. The molecule has 0 aromatic carbocycles. The molecule has 0 unspecified atom stereocenters. The summed E-state index contributed by atoms with van der Waals surface area (Å²) < 4.78 is 6.31. The minimum Gasteiger partial charge on any atom is -0.469 e. The third-order valence-electron chi connectivity index (χ3n) is 2.53. The molecule has 0 aliphatic carbocycles. The second kappa shape index (κ2) is 4.40. The van der Waals surface area contributed by atoms with Gasteiger partial charge in [-0.2, -0.15) is 0 Å². The maximum absolute atomic E-state index is 11.1. The van der Waals surface area contributed by atoms with Gasteiger partial charge >= 0.3 is 5.97 Å². The predicted molar refractivity (Wildman–Crippen MR) is 63.3 cm³/mol. The number of carbonyl (C=O) groups is 1. The van der Waals surface area contributed by atoms with Crippen molar-refractivity contribution in [1.82, 2.24) is 14.5 Å². The number of imidazole rings is 1. The summed E-state index contributed by atoms with van der Waals surface area (Å²) in [5.41, 5.74) is 8.11. The number of fused-ring (bicyclic) bond motifs is 1. The summed E-state index contributed by atoms with van der Waals surface area (Å²) in [5, 5.41) is 0. The van der Waals surface area contributed by atoms with Crippen molar-refractivity contribution in [2.45, 2.75) is 19.9 Å². The van der Waals surface area contributed by atoms with Crippen LogP contribution in [0.4, 0.5) is 5.95 Å². The Labute approximate surface area is 98.4 Å². The van der Waals surface area contributed by atoms with Crippen molar-refractivity contribution in [3.05, 3.63) is 17.8 Å². The fraction of sp³-hybridized carbons (Fsp3) is 0.364. The Kier molecular flexibility index (Phi) is 2.95. The van der Waals surface area contributed by atoms with Crippen molar-refractivity contribution in [2.75, 3.05) is 12.8 Å². The molecule has 0 aliphatic rings. The Bertz CT molecular complexity index is 562. The van der Waals surface area contributed by atoms with Gasteiger partial charge in [0.2, 0.25) is 5.95 Å². The monoisotopic (exact) mass is 234 g/mol. The van der Waals surface area contributed by atoms with Crippen molar-refractivity contribution < 1.29 is 9.53 Å². The van der Waals surface area contributed by atoms with E-state index < -0.39 is 0 Å². The Morgan fingerprint density at radius 3 is 2.94 bits per heavy atom. The molecule has 0 aliphatic heterocycles. The Balaban J connectivity index is 2.35. The molecule has 6 nitrogen and oxygen atoms in total. The molecule has 0 bridgehead atoms. The summed E-state index contributed by atoms with van der Waals surface area (Å²) >= 11 is 0. The summed E-state index contributed by atoms with van der Waals surface area (Å²) in [6.45, 7) is 2.32. The van der Waals surface area contributed by atoms with E-state index in [0.717, 1.165) is 11.2 Å². The van der Waals surface area contributed by atoms with Crippen LogP contribution >= 0.6 is 0 Å². The zero-order chi connectivity index (χ0) is 12.4. The molecule has 0 saturated carbocycles. The molecular weight excluding hydrogens is 220 g/mol. The fourth-order valence-corrected chi connectivity index (χ4v) is 1.64. The van der Waals surface area contributed by atoms with Gasteiger partial charge < -0.3 is 10.5 Å². The largest absolute Gasteiger partial charge is 0.469 e. The first-order valence-electron chi connectivity index (χ1n) is 5.28. The first kappa shape index (κ1) is 11.4. The highest BCUT2D eigenvalue weighted by Gasteiger charge is 2.11. The van der Waals surface area contributed by atoms with Crippen LogP contribution in [0.15, 0.2) is 12.1 Å². The van der Waals surface area contributed by atoms with Crippen LogP contribution in [0, 0.1) is 6.92 Å². The summed E-state index contributed by atoms with van der Waals surface area (Å²) in [6.07, 6.45) is 0.252. The van der Waals surface area contributed by atoms with Crippen LogP contribution in [-0.2, 0) is 16.1 Å². The number of aromatic nitrogens is 3. The van der Waals surface area contributed by atoms with Crippen LogP contribution in [0.25, 0.3) is 11.2 Å². The Morgan fingerprint density at radius 2 is 2.24 bits per heavy atom. The molecular formula is C11H14N4O2. The number of nitrogen functional groups attached to an aromatic ring is 1. The number of rotatable bonds is 3. The molecule has 90 valence electrons. The van der Waals surface area contributed by atoms with Crippen LogP contribution in [0.3, 0.4) is 0 Å². The molecule has 2 aromatic rings. The third kappa shape index (κ3) is 2.20. The molecule has 0 radical (unpaired) electrons. The summed E-state index contributed by atoms with van der Waals surface area (Å²) in [4.78, 5) is 19.7. The highest BCUT2D eigenvalue weighted by Crippen LogP contribution is 2.16. The number of aryl methyl sites for hydroxylation is 2. The summed E-state index contributed by atoms with van der Waals surface area (Å²) in [7, 11) is 1.36. The molecule has 0 amide bonds. The average molecular weight is 234 g/mol. The molecule has 2 heterocycles. The summed E-state index contributed by atoms with van der Waals surface area (Å²) in [5.74, 6) is 0.0842. The number of methoxy groups -OCH3 is 1. The van der Waals surface area contributed by atoms with Gasteiger partial charge in [-0.05, 0) is 19.1 Å². The molecule has 0 fully saturated rings. The van der Waals surface area contributed by atoms with E-state index in [4.69, 9.17) is 5.73 Å². The molecule has 0 spiro atoms. The van der Waals surface area contributed by atoms with Crippen molar-refractivity contribution in [3.8, 4) is 0 Å². The number of hydrogen-bond acceptors (Lipinski definition) is 5. The van der Waals surface area contributed by atoms with E-state index in [9.17, 15) is 4.79 Å². The minimum atomic E-state index is -0.279. The van der Waals surface area contributed by atoms with Gasteiger partial charge in [-0.15, -0.1) is 0 Å². The highest BCUT2D eigenvalue weighted by atomic mass is 16.5. The van der Waals surface area contributed by atoms with Crippen LogP contribution in [-0.4, -0.2) is 27.6 Å². The van der Waals surface area contributed by atoms with Crippen molar-refractivity contribution in [3.63, 3.8) is 0 Å². The normalized spacial score (nSPS) is 10.7. The van der Waals surface area contributed by atoms with E-state index in [1.165, 1.54) is 7.11 Å². The molecule has 2 N–H and O–H groups in total. The second-order valence-electron chi connectivity index (χ2n) is 3.74. The molecule has 2 aromatic heterocycles. The fourth-order valence-electron chi connectivity index (χ4n) is 1.64. The van der Waals surface area contributed by atoms with Gasteiger partial charge in [0.1, 0.15) is 5.52 Å². The summed E-state index contributed by atoms with van der Waals surface area (Å²) in [6, 6.07) is 3.74. The number of nitrogens with zero attached hydrogens (tertiary/aromatic N) is 3. The van der Waals surface area contributed by atoms with E-state index in [1.807, 2.05) is 19.1 Å². The standard InChI is InChI=1S/C11H14N4O2/c1-7-3-4-8-10(13-7)15(11(12)14-8)6-5-9(16)17-2/h3-4H,5-6H2,1-2H3,(H2,12,14). The van der Waals surface area contributed by atoms with Gasteiger partial charge in [0.05, 0.1) is 13.5 Å². The van der Waals surface area contributed by atoms with Crippen molar-refractivity contribution in [1.29, 1.82) is 0 Å². The van der Waals surface area contributed by atoms with E-state index in [2.05, 4.69) is 14.7 Å². The maximum Gasteiger partial charge on any atom is 0.307 e. The molecule has 17 heavy (non-hydrogen) atoms. The van der Waals surface area contributed by atoms with Crippen LogP contribution in [0.5, 0.6) is 0 Å². The van der Waals surface area contributed by atoms with E-state index in [-0.39, 0.29) is 12.4 Å². The Morgan fingerprint density at radius 1 is 1.47 bits per heavy atom. The van der Waals surface area contributed by atoms with Gasteiger partial charge in [0, 0.05) is 12.2 Å². The smallest absolute Gasteiger partial charge is 0.307 e. The second-order valence-corrected chi connectivity index (χ2v) is 3.74. The molecule has 0 atom stereocenters. The van der Waals surface area contributed by atoms with E-state index in [1.54, 1.807) is 4.57 Å². The lowest BCUT2D eigenvalue weighted by Crippen LogP contribution is -2.09.